The normalized spacial score (nSPS) is 11.8. The minimum absolute atomic E-state index is 0.209. The molecule has 0 N–H and O–H groups in total. The van der Waals surface area contributed by atoms with Crippen LogP contribution in [0.4, 0.5) is 0 Å². The summed E-state index contributed by atoms with van der Waals surface area (Å²) in [5.41, 5.74) is 3.42. The lowest BCUT2D eigenvalue weighted by Gasteiger charge is -2.28. The number of carbonyl (C=O) groups excluding carboxylic acids is 1. The Morgan fingerprint density at radius 1 is 0.707 bits per heavy atom. The maximum absolute atomic E-state index is 11.0. The monoisotopic (exact) mass is 580 g/mol. The molecule has 0 spiro atoms. The highest BCUT2D eigenvalue weighted by atomic mass is 31.1. The third-order valence-electron chi connectivity index (χ3n) is 6.77. The molecule has 0 bridgehead atoms. The number of ether oxygens (including phenoxy) is 4. The summed E-state index contributed by atoms with van der Waals surface area (Å²) in [6.45, 7) is 11.2. The molecule has 3 aromatic carbocycles. The number of Topliss-reactive ketones (excluding diaryl/α,β-unsaturated/α-hetero) is 1. The van der Waals surface area contributed by atoms with Crippen molar-refractivity contribution in [2.75, 3.05) is 34.6 Å². The summed E-state index contributed by atoms with van der Waals surface area (Å²) in [4.78, 5) is 11.0. The van der Waals surface area contributed by atoms with Gasteiger partial charge in [0.1, 0.15) is 23.0 Å². The summed E-state index contributed by atoms with van der Waals surface area (Å²) in [7, 11) is 6.50. The Morgan fingerprint density at radius 3 is 1.46 bits per heavy atom. The first-order valence-electron chi connectivity index (χ1n) is 14.3. The number of rotatable bonds is 13. The lowest BCUT2D eigenvalue weighted by molar-refractivity contribution is 0.0988. The fraction of sp³-hybridized carbons (Fsp3) is 0.457. The molecule has 5 nitrogen and oxygen atoms in total. The Hall–Kier alpha value is -3.04. The van der Waals surface area contributed by atoms with Crippen LogP contribution in [0.15, 0.2) is 66.7 Å². The van der Waals surface area contributed by atoms with E-state index >= 15 is 0 Å². The molecule has 3 aromatic rings. The summed E-state index contributed by atoms with van der Waals surface area (Å²) in [6.07, 6.45) is 4.80. The van der Waals surface area contributed by atoms with Gasteiger partial charge in [0.25, 0.3) is 0 Å². The SMILES string of the molecule is CCC(=O)c1ccccc1.COc1cccc(OC)c1CP(Cc1c(OC)cccc1OC)CC(C)CC(C)(C)C. The van der Waals surface area contributed by atoms with Crippen molar-refractivity contribution in [1.82, 2.24) is 0 Å². The fourth-order valence-electron chi connectivity index (χ4n) is 5.18. The van der Waals surface area contributed by atoms with Gasteiger partial charge in [0, 0.05) is 35.4 Å². The van der Waals surface area contributed by atoms with E-state index in [1.54, 1.807) is 28.4 Å². The van der Waals surface area contributed by atoms with Crippen molar-refractivity contribution in [3.05, 3.63) is 83.4 Å². The lowest BCUT2D eigenvalue weighted by atomic mass is 9.86. The van der Waals surface area contributed by atoms with E-state index in [2.05, 4.69) is 27.7 Å². The van der Waals surface area contributed by atoms with E-state index in [1.165, 1.54) is 6.42 Å². The standard InChI is InChI=1S/C26H39O4P.C9H10O/c1-19(15-26(2,3)4)16-31(17-20-22(27-5)11-9-12-23(20)28-6)18-21-24(29-7)13-10-14-25(21)30-8;1-2-9(10)8-6-4-3-5-7-8/h9-14,19H,15-18H2,1-8H3;3-7H,2H2,1H3. The first kappa shape index (κ1) is 34.2. The van der Waals surface area contributed by atoms with E-state index in [4.69, 9.17) is 18.9 Å². The quantitative estimate of drug-likeness (QED) is 0.149. The zero-order valence-corrected chi connectivity index (χ0v) is 27.3. The third kappa shape index (κ3) is 11.0. The number of carbonyl (C=O) groups is 1. The minimum atomic E-state index is -0.413. The van der Waals surface area contributed by atoms with Gasteiger partial charge in [0.2, 0.25) is 0 Å². The molecule has 1 unspecified atom stereocenters. The van der Waals surface area contributed by atoms with Gasteiger partial charge in [0.15, 0.2) is 5.78 Å². The van der Waals surface area contributed by atoms with Gasteiger partial charge in [-0.3, -0.25) is 4.79 Å². The zero-order chi connectivity index (χ0) is 30.4. The lowest BCUT2D eigenvalue weighted by Crippen LogP contribution is -2.14. The van der Waals surface area contributed by atoms with Crippen LogP contribution in [0, 0.1) is 11.3 Å². The van der Waals surface area contributed by atoms with Crippen molar-refractivity contribution < 1.29 is 23.7 Å². The Balaban J connectivity index is 0.000000493. The number of hydrogen-bond acceptors (Lipinski definition) is 5. The molecule has 0 saturated heterocycles. The summed E-state index contributed by atoms with van der Waals surface area (Å²) in [6, 6.07) is 21.4. The van der Waals surface area contributed by atoms with E-state index in [0.717, 1.165) is 58.2 Å². The largest absolute Gasteiger partial charge is 0.496 e. The first-order chi connectivity index (χ1) is 19.6. The van der Waals surface area contributed by atoms with Crippen molar-refractivity contribution in [3.8, 4) is 23.0 Å². The van der Waals surface area contributed by atoms with Crippen LogP contribution >= 0.6 is 7.92 Å². The molecule has 0 saturated carbocycles. The van der Waals surface area contributed by atoms with Gasteiger partial charge in [0.05, 0.1) is 28.4 Å². The van der Waals surface area contributed by atoms with Crippen molar-refractivity contribution in [1.29, 1.82) is 0 Å². The van der Waals surface area contributed by atoms with E-state index in [1.807, 2.05) is 73.7 Å². The van der Waals surface area contributed by atoms with Gasteiger partial charge in [-0.15, -0.1) is 0 Å². The highest BCUT2D eigenvalue weighted by Crippen LogP contribution is 2.52. The summed E-state index contributed by atoms with van der Waals surface area (Å²) in [5, 5.41) is 0. The molecule has 0 radical (unpaired) electrons. The van der Waals surface area contributed by atoms with Crippen LogP contribution in [0.5, 0.6) is 23.0 Å². The van der Waals surface area contributed by atoms with Gasteiger partial charge in [-0.05, 0) is 48.2 Å². The average Bonchev–Trinajstić information content (AvgIpc) is 2.96. The second-order valence-corrected chi connectivity index (χ2v) is 13.8. The molecule has 0 amide bonds. The van der Waals surface area contributed by atoms with Crippen molar-refractivity contribution >= 4 is 13.7 Å². The van der Waals surface area contributed by atoms with Crippen molar-refractivity contribution in [3.63, 3.8) is 0 Å². The molecule has 0 heterocycles. The first-order valence-corrected chi connectivity index (χ1v) is 16.2. The van der Waals surface area contributed by atoms with E-state index in [0.29, 0.717) is 17.8 Å². The molecular weight excluding hydrogens is 531 g/mol. The molecule has 0 aliphatic carbocycles. The van der Waals surface area contributed by atoms with Crippen LogP contribution in [0.1, 0.15) is 68.9 Å². The van der Waals surface area contributed by atoms with Crippen LogP contribution in [-0.4, -0.2) is 40.4 Å². The molecular formula is C35H49O5P. The number of hydrogen-bond donors (Lipinski definition) is 0. The molecule has 0 aliphatic heterocycles. The molecule has 1 atom stereocenters. The summed E-state index contributed by atoms with van der Waals surface area (Å²) in [5.74, 6) is 4.39. The smallest absolute Gasteiger partial charge is 0.162 e. The second kappa shape index (κ2) is 17.0. The van der Waals surface area contributed by atoms with Crippen LogP contribution in [0.25, 0.3) is 0 Å². The van der Waals surface area contributed by atoms with Gasteiger partial charge < -0.3 is 18.9 Å². The predicted molar refractivity (Wildman–Crippen MR) is 173 cm³/mol. The van der Waals surface area contributed by atoms with Crippen LogP contribution in [-0.2, 0) is 12.3 Å². The Morgan fingerprint density at radius 2 is 1.12 bits per heavy atom. The van der Waals surface area contributed by atoms with Gasteiger partial charge in [-0.25, -0.2) is 0 Å². The van der Waals surface area contributed by atoms with Crippen molar-refractivity contribution in [2.45, 2.75) is 59.8 Å². The van der Waals surface area contributed by atoms with Gasteiger partial charge in [-0.2, -0.15) is 0 Å². The number of ketones is 1. The van der Waals surface area contributed by atoms with Crippen LogP contribution in [0.2, 0.25) is 0 Å². The molecule has 6 heteroatoms. The topological polar surface area (TPSA) is 54.0 Å². The van der Waals surface area contributed by atoms with Crippen molar-refractivity contribution in [2.24, 2.45) is 11.3 Å². The predicted octanol–water partition coefficient (Wildman–Crippen LogP) is 9.25. The molecule has 3 rings (SSSR count). The van der Waals surface area contributed by atoms with Crippen LogP contribution < -0.4 is 18.9 Å². The number of benzene rings is 3. The Labute approximate surface area is 249 Å². The van der Waals surface area contributed by atoms with E-state index in [-0.39, 0.29) is 5.78 Å². The fourth-order valence-corrected chi connectivity index (χ4v) is 8.08. The maximum atomic E-state index is 11.0. The number of methoxy groups -OCH3 is 4. The zero-order valence-electron chi connectivity index (χ0n) is 26.5. The molecule has 0 aliphatic rings. The van der Waals surface area contributed by atoms with E-state index in [9.17, 15) is 4.79 Å². The van der Waals surface area contributed by atoms with E-state index < -0.39 is 7.92 Å². The Kier molecular flexibility index (Phi) is 14.2. The molecule has 0 aromatic heterocycles. The second-order valence-electron chi connectivity index (χ2n) is 11.5. The van der Waals surface area contributed by atoms with Crippen LogP contribution in [0.3, 0.4) is 0 Å². The van der Waals surface area contributed by atoms with Gasteiger partial charge in [-0.1, -0.05) is 85.0 Å². The summed E-state index contributed by atoms with van der Waals surface area (Å²) < 4.78 is 22.8. The Bertz CT molecular complexity index is 1100. The highest BCUT2D eigenvalue weighted by molar-refractivity contribution is 7.56. The highest BCUT2D eigenvalue weighted by Gasteiger charge is 2.24. The molecule has 224 valence electrons. The molecule has 41 heavy (non-hydrogen) atoms. The summed E-state index contributed by atoms with van der Waals surface area (Å²) >= 11 is 0. The van der Waals surface area contributed by atoms with Gasteiger partial charge >= 0.3 is 0 Å². The third-order valence-corrected chi connectivity index (χ3v) is 9.44. The minimum Gasteiger partial charge on any atom is -0.496 e. The molecule has 0 fully saturated rings. The maximum Gasteiger partial charge on any atom is 0.162 e. The average molecular weight is 581 g/mol.